The van der Waals surface area contributed by atoms with Gasteiger partial charge in [0.25, 0.3) is 0 Å². The van der Waals surface area contributed by atoms with E-state index in [1.54, 1.807) is 6.26 Å². The average Bonchev–Trinajstić information content (AvgIpc) is 2.78. The molecule has 4 heteroatoms. The van der Waals surface area contributed by atoms with Crippen molar-refractivity contribution in [1.29, 1.82) is 0 Å². The van der Waals surface area contributed by atoms with E-state index in [0.29, 0.717) is 6.04 Å². The van der Waals surface area contributed by atoms with Gasteiger partial charge >= 0.3 is 0 Å². The predicted octanol–water partition coefficient (Wildman–Crippen LogP) is 1.41. The van der Waals surface area contributed by atoms with E-state index in [2.05, 4.69) is 10.1 Å². The van der Waals surface area contributed by atoms with Gasteiger partial charge in [-0.15, -0.1) is 0 Å². The molecule has 1 fully saturated rings. The summed E-state index contributed by atoms with van der Waals surface area (Å²) in [5.74, 6) is 0. The molecule has 1 aliphatic heterocycles. The second kappa shape index (κ2) is 4.77. The van der Waals surface area contributed by atoms with E-state index < -0.39 is 0 Å². The third-order valence-corrected chi connectivity index (χ3v) is 2.97. The number of hydrogen-bond acceptors (Lipinski definition) is 4. The molecule has 0 radical (unpaired) electrons. The maximum absolute atomic E-state index is 9.40. The lowest BCUT2D eigenvalue weighted by Gasteiger charge is -2.24. The van der Waals surface area contributed by atoms with Crippen LogP contribution in [0.15, 0.2) is 16.9 Å². The van der Waals surface area contributed by atoms with Crippen molar-refractivity contribution in [1.82, 2.24) is 10.1 Å². The summed E-state index contributed by atoms with van der Waals surface area (Å²) in [6, 6.07) is 2.40. The highest BCUT2D eigenvalue weighted by molar-refractivity contribution is 4.96. The van der Waals surface area contributed by atoms with Gasteiger partial charge in [0.1, 0.15) is 6.26 Å². The van der Waals surface area contributed by atoms with Gasteiger partial charge in [0, 0.05) is 18.7 Å². The second-order valence-corrected chi connectivity index (χ2v) is 4.34. The molecule has 1 saturated heterocycles. The van der Waals surface area contributed by atoms with E-state index in [4.69, 9.17) is 4.52 Å². The van der Waals surface area contributed by atoms with Crippen molar-refractivity contribution in [2.24, 2.45) is 0 Å². The lowest BCUT2D eigenvalue weighted by molar-refractivity contribution is 0.129. The molecule has 1 aromatic rings. The predicted molar refractivity (Wildman–Crippen MR) is 56.2 cm³/mol. The lowest BCUT2D eigenvalue weighted by atomic mass is 10.1. The molecule has 1 aromatic heterocycles. The number of aliphatic hydroxyl groups is 1. The first-order chi connectivity index (χ1) is 7.25. The Balaban J connectivity index is 1.90. The van der Waals surface area contributed by atoms with Crippen LogP contribution < -0.4 is 0 Å². The number of aliphatic hydroxyl groups excluding tert-OH is 1. The van der Waals surface area contributed by atoms with E-state index in [1.165, 1.54) is 12.8 Å². The average molecular weight is 210 g/mol. The van der Waals surface area contributed by atoms with Gasteiger partial charge in [0.05, 0.1) is 11.8 Å². The number of nitrogens with zero attached hydrogens (tertiary/aromatic N) is 2. The highest BCUT2D eigenvalue weighted by Crippen LogP contribution is 2.23. The third-order valence-electron chi connectivity index (χ3n) is 2.97. The molecule has 0 aromatic carbocycles. The molecule has 0 spiro atoms. The van der Waals surface area contributed by atoms with Crippen LogP contribution in [0.4, 0.5) is 0 Å². The summed E-state index contributed by atoms with van der Waals surface area (Å²) < 4.78 is 4.82. The number of likely N-dealkylation sites (tertiary alicyclic amines) is 1. The van der Waals surface area contributed by atoms with Crippen molar-refractivity contribution in [3.8, 4) is 0 Å². The molecule has 1 aliphatic rings. The van der Waals surface area contributed by atoms with Crippen molar-refractivity contribution in [2.45, 2.75) is 44.9 Å². The minimum Gasteiger partial charge on any atom is -0.393 e. The highest BCUT2D eigenvalue weighted by atomic mass is 16.5. The first-order valence-corrected chi connectivity index (χ1v) is 5.57. The van der Waals surface area contributed by atoms with Gasteiger partial charge in [-0.2, -0.15) is 0 Å². The van der Waals surface area contributed by atoms with Crippen LogP contribution >= 0.6 is 0 Å². The Morgan fingerprint density at radius 2 is 2.60 bits per heavy atom. The zero-order chi connectivity index (χ0) is 10.7. The first-order valence-electron chi connectivity index (χ1n) is 5.57. The molecule has 2 rings (SSSR count). The van der Waals surface area contributed by atoms with Crippen LogP contribution in [0.1, 0.15) is 31.9 Å². The van der Waals surface area contributed by atoms with Gasteiger partial charge in [-0.25, -0.2) is 0 Å². The number of hydrogen-bond donors (Lipinski definition) is 1. The maximum atomic E-state index is 9.40. The van der Waals surface area contributed by atoms with E-state index in [1.807, 2.05) is 13.0 Å². The summed E-state index contributed by atoms with van der Waals surface area (Å²) in [4.78, 5) is 2.38. The van der Waals surface area contributed by atoms with Crippen LogP contribution in [0.25, 0.3) is 0 Å². The molecule has 0 saturated carbocycles. The summed E-state index contributed by atoms with van der Waals surface area (Å²) in [7, 11) is 0. The first kappa shape index (κ1) is 10.6. The molecule has 2 heterocycles. The zero-order valence-corrected chi connectivity index (χ0v) is 9.09. The largest absolute Gasteiger partial charge is 0.393 e. The lowest BCUT2D eigenvalue weighted by Crippen LogP contribution is -2.31. The van der Waals surface area contributed by atoms with E-state index >= 15 is 0 Å². The molecule has 84 valence electrons. The monoisotopic (exact) mass is 210 g/mol. The van der Waals surface area contributed by atoms with Crippen molar-refractivity contribution in [3.63, 3.8) is 0 Å². The number of rotatable bonds is 4. The van der Waals surface area contributed by atoms with Gasteiger partial charge < -0.3 is 9.63 Å². The van der Waals surface area contributed by atoms with Gasteiger partial charge in [0.2, 0.25) is 0 Å². The van der Waals surface area contributed by atoms with Crippen LogP contribution in [-0.4, -0.2) is 33.9 Å². The van der Waals surface area contributed by atoms with Crippen LogP contribution in [0.5, 0.6) is 0 Å². The van der Waals surface area contributed by atoms with Gasteiger partial charge in [-0.1, -0.05) is 5.16 Å². The Morgan fingerprint density at radius 3 is 3.27 bits per heavy atom. The normalized spacial score (nSPS) is 24.5. The molecule has 0 bridgehead atoms. The Kier molecular flexibility index (Phi) is 3.38. The van der Waals surface area contributed by atoms with E-state index in [-0.39, 0.29) is 6.10 Å². The second-order valence-electron chi connectivity index (χ2n) is 4.34. The van der Waals surface area contributed by atoms with Crippen LogP contribution in [0.3, 0.4) is 0 Å². The Labute approximate surface area is 89.9 Å². The summed E-state index contributed by atoms with van der Waals surface area (Å²) in [5, 5.41) is 13.3. The minimum atomic E-state index is -0.215. The fourth-order valence-corrected chi connectivity index (χ4v) is 2.29. The summed E-state index contributed by atoms with van der Waals surface area (Å²) >= 11 is 0. The fraction of sp³-hybridized carbons (Fsp3) is 0.727. The van der Waals surface area contributed by atoms with Gasteiger partial charge in [0.15, 0.2) is 0 Å². The van der Waals surface area contributed by atoms with Crippen molar-refractivity contribution >= 4 is 0 Å². The Bertz CT molecular complexity index is 285. The third kappa shape index (κ3) is 2.79. The van der Waals surface area contributed by atoms with Crippen molar-refractivity contribution < 1.29 is 9.63 Å². The molecule has 0 aliphatic carbocycles. The minimum absolute atomic E-state index is 0.215. The molecular formula is C11H18N2O2. The van der Waals surface area contributed by atoms with Crippen LogP contribution in [0.2, 0.25) is 0 Å². The molecule has 1 N–H and O–H groups in total. The highest BCUT2D eigenvalue weighted by Gasteiger charge is 2.25. The standard InChI is InChI=1S/C11H18N2O2/c1-9(14)7-11-3-2-5-13(11)8-10-4-6-15-12-10/h4,6,9,11,14H,2-3,5,7-8H2,1H3. The van der Waals surface area contributed by atoms with Crippen LogP contribution in [-0.2, 0) is 6.54 Å². The summed E-state index contributed by atoms with van der Waals surface area (Å²) in [6.07, 6.45) is 4.65. The Hall–Kier alpha value is -0.870. The van der Waals surface area contributed by atoms with E-state index in [9.17, 15) is 5.11 Å². The maximum Gasteiger partial charge on any atom is 0.124 e. The molecular weight excluding hydrogens is 192 g/mol. The van der Waals surface area contributed by atoms with Gasteiger partial charge in [-0.05, 0) is 32.7 Å². The molecule has 15 heavy (non-hydrogen) atoms. The van der Waals surface area contributed by atoms with Gasteiger partial charge in [-0.3, -0.25) is 4.90 Å². The van der Waals surface area contributed by atoms with Crippen molar-refractivity contribution in [2.75, 3.05) is 6.54 Å². The molecule has 2 atom stereocenters. The summed E-state index contributed by atoms with van der Waals surface area (Å²) in [5.41, 5.74) is 0.979. The molecule has 0 amide bonds. The summed E-state index contributed by atoms with van der Waals surface area (Å²) in [6.45, 7) is 3.80. The van der Waals surface area contributed by atoms with Crippen molar-refractivity contribution in [3.05, 3.63) is 18.0 Å². The zero-order valence-electron chi connectivity index (χ0n) is 9.09. The molecule has 4 nitrogen and oxygen atoms in total. The van der Waals surface area contributed by atoms with Crippen LogP contribution in [0, 0.1) is 0 Å². The quantitative estimate of drug-likeness (QED) is 0.816. The Morgan fingerprint density at radius 1 is 1.73 bits per heavy atom. The molecule has 2 unspecified atom stereocenters. The fourth-order valence-electron chi connectivity index (χ4n) is 2.29. The SMILES string of the molecule is CC(O)CC1CCCN1Cc1ccon1. The smallest absolute Gasteiger partial charge is 0.124 e. The topological polar surface area (TPSA) is 49.5 Å². The number of aromatic nitrogens is 1. The van der Waals surface area contributed by atoms with E-state index in [0.717, 1.165) is 25.2 Å².